The Balaban J connectivity index is 2.42. The highest BCUT2D eigenvalue weighted by Gasteiger charge is 2.45. The minimum Gasteiger partial charge on any atom is -0.462 e. The van der Waals surface area contributed by atoms with Crippen molar-refractivity contribution in [1.29, 1.82) is 0 Å². The van der Waals surface area contributed by atoms with E-state index in [1.807, 2.05) is 40.7 Å². The molecule has 0 bridgehead atoms. The summed E-state index contributed by atoms with van der Waals surface area (Å²) in [5.41, 5.74) is 0.889. The van der Waals surface area contributed by atoms with Crippen molar-refractivity contribution in [3.8, 4) is 0 Å². The van der Waals surface area contributed by atoms with Gasteiger partial charge in [-0.15, -0.1) is 0 Å². The quantitative estimate of drug-likeness (QED) is 0.396. The lowest BCUT2D eigenvalue weighted by atomic mass is 9.80. The highest BCUT2D eigenvalue weighted by molar-refractivity contribution is 5.91. The third kappa shape index (κ3) is 8.44. The van der Waals surface area contributed by atoms with Crippen LogP contribution in [0.4, 0.5) is 0 Å². The van der Waals surface area contributed by atoms with Gasteiger partial charge in [-0.3, -0.25) is 9.59 Å². The smallest absolute Gasteiger partial charge is 0.308 e. The van der Waals surface area contributed by atoms with Crippen LogP contribution in [0.2, 0.25) is 0 Å². The van der Waals surface area contributed by atoms with Crippen LogP contribution in [-0.2, 0) is 23.8 Å². The number of aliphatic hydroxyl groups is 4. The second-order valence-corrected chi connectivity index (χ2v) is 11.2. The van der Waals surface area contributed by atoms with Gasteiger partial charge in [-0.1, -0.05) is 58.8 Å². The predicted molar refractivity (Wildman–Crippen MR) is 142 cm³/mol. The number of esters is 1. The second-order valence-electron chi connectivity index (χ2n) is 11.2. The summed E-state index contributed by atoms with van der Waals surface area (Å²) in [4.78, 5) is 25.8. The average Bonchev–Trinajstić information content (AvgIpc) is 2.87. The Labute approximate surface area is 226 Å². The third-order valence-corrected chi connectivity index (χ3v) is 8.04. The summed E-state index contributed by atoms with van der Waals surface area (Å²) >= 11 is 0. The van der Waals surface area contributed by atoms with E-state index in [2.05, 4.69) is 0 Å². The van der Waals surface area contributed by atoms with E-state index < -0.39 is 54.8 Å². The van der Waals surface area contributed by atoms with Crippen LogP contribution in [0.25, 0.3) is 0 Å². The highest BCUT2D eigenvalue weighted by Crippen LogP contribution is 2.33. The van der Waals surface area contributed by atoms with Crippen LogP contribution in [0.15, 0.2) is 23.8 Å². The zero-order valence-electron chi connectivity index (χ0n) is 23.8. The molecule has 1 saturated heterocycles. The molecule has 0 radical (unpaired) electrons. The van der Waals surface area contributed by atoms with E-state index in [1.54, 1.807) is 26.0 Å². The maximum Gasteiger partial charge on any atom is 0.308 e. The van der Waals surface area contributed by atoms with E-state index in [9.17, 15) is 30.0 Å². The van der Waals surface area contributed by atoms with Crippen LogP contribution >= 0.6 is 0 Å². The van der Waals surface area contributed by atoms with Gasteiger partial charge in [0.05, 0.1) is 24.7 Å². The first-order valence-electron chi connectivity index (χ1n) is 13.9. The summed E-state index contributed by atoms with van der Waals surface area (Å²) in [5.74, 6) is -1.84. The number of carbonyl (C=O) groups excluding carboxylic acids is 2. The summed E-state index contributed by atoms with van der Waals surface area (Å²) < 4.78 is 17.6. The molecule has 0 saturated carbocycles. The lowest BCUT2D eigenvalue weighted by Crippen LogP contribution is -2.59. The van der Waals surface area contributed by atoms with Crippen molar-refractivity contribution in [1.82, 2.24) is 0 Å². The van der Waals surface area contributed by atoms with Crippen LogP contribution in [0.1, 0.15) is 74.1 Å². The fourth-order valence-corrected chi connectivity index (χ4v) is 5.36. The molecular weight excluding hydrogens is 492 g/mol. The third-order valence-electron chi connectivity index (χ3n) is 8.04. The molecule has 12 atom stereocenters. The first kappa shape index (κ1) is 32.6. The molecule has 2 aliphatic rings. The van der Waals surface area contributed by atoms with E-state index >= 15 is 0 Å². The topological polar surface area (TPSA) is 143 Å². The predicted octanol–water partition coefficient (Wildman–Crippen LogP) is 2.68. The molecule has 0 aromatic carbocycles. The van der Waals surface area contributed by atoms with Crippen molar-refractivity contribution in [2.24, 2.45) is 23.7 Å². The Kier molecular flexibility index (Phi) is 12.6. The van der Waals surface area contributed by atoms with E-state index in [0.717, 1.165) is 5.57 Å². The van der Waals surface area contributed by atoms with Gasteiger partial charge in [0.1, 0.15) is 24.4 Å². The van der Waals surface area contributed by atoms with Crippen molar-refractivity contribution < 1.29 is 44.2 Å². The summed E-state index contributed by atoms with van der Waals surface area (Å²) in [7, 11) is 0. The van der Waals surface area contributed by atoms with Gasteiger partial charge in [0.15, 0.2) is 12.1 Å². The summed E-state index contributed by atoms with van der Waals surface area (Å²) in [6.07, 6.45) is -1.88. The van der Waals surface area contributed by atoms with Crippen LogP contribution in [-0.4, -0.2) is 81.2 Å². The number of allylic oxidation sites excluding steroid dienone is 3. The number of hydrogen-bond donors (Lipinski definition) is 4. The number of rotatable bonds is 4. The van der Waals surface area contributed by atoms with Crippen molar-refractivity contribution >= 4 is 11.8 Å². The Morgan fingerprint density at radius 3 is 2.21 bits per heavy atom. The lowest BCUT2D eigenvalue weighted by Gasteiger charge is -2.43. The normalized spacial score (nSPS) is 42.4. The highest BCUT2D eigenvalue weighted by atomic mass is 16.7. The minimum absolute atomic E-state index is 0.0394. The van der Waals surface area contributed by atoms with Gasteiger partial charge in [0.2, 0.25) is 0 Å². The number of ether oxygens (including phenoxy) is 3. The number of cyclic esters (lactones) is 1. The molecule has 9 heteroatoms. The molecular formula is C29H48O9. The Morgan fingerprint density at radius 2 is 1.61 bits per heavy atom. The fraction of sp³-hybridized carbons (Fsp3) is 0.793. The molecule has 0 aromatic heterocycles. The number of ketones is 1. The molecule has 218 valence electrons. The van der Waals surface area contributed by atoms with Crippen molar-refractivity contribution in [3.05, 3.63) is 23.8 Å². The molecule has 4 N–H and O–H groups in total. The van der Waals surface area contributed by atoms with E-state index in [0.29, 0.717) is 19.3 Å². The molecule has 0 spiro atoms. The zero-order valence-corrected chi connectivity index (χ0v) is 23.8. The maximum absolute atomic E-state index is 13.0. The van der Waals surface area contributed by atoms with Gasteiger partial charge in [0, 0.05) is 17.8 Å². The Morgan fingerprint density at radius 1 is 0.947 bits per heavy atom. The van der Waals surface area contributed by atoms with Crippen LogP contribution in [0.5, 0.6) is 0 Å². The number of hydrogen-bond acceptors (Lipinski definition) is 9. The summed E-state index contributed by atoms with van der Waals surface area (Å²) in [6.45, 7) is 12.9. The average molecular weight is 541 g/mol. The maximum atomic E-state index is 13.0. The van der Waals surface area contributed by atoms with Gasteiger partial charge in [-0.05, 0) is 38.7 Å². The van der Waals surface area contributed by atoms with E-state index in [-0.39, 0.29) is 36.1 Å². The minimum atomic E-state index is -1.52. The summed E-state index contributed by atoms with van der Waals surface area (Å²) in [5, 5.41) is 42.1. The molecule has 9 nitrogen and oxygen atoms in total. The van der Waals surface area contributed by atoms with Gasteiger partial charge in [-0.2, -0.15) is 0 Å². The van der Waals surface area contributed by atoms with Gasteiger partial charge in [-0.25, -0.2) is 0 Å². The molecule has 2 rings (SSSR count). The van der Waals surface area contributed by atoms with E-state index in [4.69, 9.17) is 14.2 Å². The van der Waals surface area contributed by atoms with Crippen LogP contribution in [0, 0.1) is 23.7 Å². The van der Waals surface area contributed by atoms with Crippen molar-refractivity contribution in [3.63, 3.8) is 0 Å². The largest absolute Gasteiger partial charge is 0.462 e. The molecule has 0 aliphatic carbocycles. The van der Waals surface area contributed by atoms with Crippen molar-refractivity contribution in [2.75, 3.05) is 0 Å². The molecule has 38 heavy (non-hydrogen) atoms. The lowest BCUT2D eigenvalue weighted by molar-refractivity contribution is -0.314. The van der Waals surface area contributed by atoms with E-state index in [1.165, 1.54) is 0 Å². The summed E-state index contributed by atoms with van der Waals surface area (Å²) in [6, 6.07) is 0. The Hall–Kier alpha value is -1.62. The Bertz CT molecular complexity index is 840. The van der Waals surface area contributed by atoms with Crippen LogP contribution < -0.4 is 0 Å². The first-order valence-corrected chi connectivity index (χ1v) is 13.9. The standard InChI is InChI=1S/C29H48O9/c1-8-20-13-16(4)21(30)11-10-15(3)12-17(5)23(9-2)37-24(32)14-22(31)18(6)28(20)38-29-27(35)26(34)25(33)19(7)36-29/h10-12,16-20,22-23,25-29,31,33-35H,8-9,13-14H2,1-7H3. The number of carbonyl (C=O) groups is 2. The molecule has 1 fully saturated rings. The fourth-order valence-electron chi connectivity index (χ4n) is 5.36. The second kappa shape index (κ2) is 14.7. The molecule has 0 aromatic rings. The molecule has 2 heterocycles. The van der Waals surface area contributed by atoms with Gasteiger partial charge in [0.25, 0.3) is 0 Å². The van der Waals surface area contributed by atoms with Crippen LogP contribution in [0.3, 0.4) is 0 Å². The molecule has 2 aliphatic heterocycles. The monoisotopic (exact) mass is 540 g/mol. The van der Waals surface area contributed by atoms with Gasteiger partial charge < -0.3 is 34.6 Å². The zero-order chi connectivity index (χ0) is 28.7. The SMILES string of the molecule is CCC1CC(C)C(=O)C=CC(C)=CC(C)C(CC)OC(=O)CC(O)C(C)C1OC1OC(C)C(O)C(O)C1O. The van der Waals surface area contributed by atoms with Crippen molar-refractivity contribution in [2.45, 2.75) is 123 Å². The molecule has 0 amide bonds. The molecule has 12 unspecified atom stereocenters. The van der Waals surface area contributed by atoms with Gasteiger partial charge >= 0.3 is 5.97 Å². The first-order chi connectivity index (χ1) is 17.8. The number of aliphatic hydroxyl groups excluding tert-OH is 4.